The highest BCUT2D eigenvalue weighted by Crippen LogP contribution is 2.55. The van der Waals surface area contributed by atoms with Crippen molar-refractivity contribution in [3.05, 3.63) is 57.6 Å². The maximum absolute atomic E-state index is 12.0. The minimum Gasteiger partial charge on any atom is -0.459 e. The van der Waals surface area contributed by atoms with E-state index in [2.05, 4.69) is 53.7 Å². The van der Waals surface area contributed by atoms with Crippen LogP contribution in [0.2, 0.25) is 0 Å². The van der Waals surface area contributed by atoms with Gasteiger partial charge in [-0.2, -0.15) is 0 Å². The molecule has 0 aliphatic carbocycles. The molecule has 2 atom stereocenters. The average molecular weight is 705 g/mol. The molecular formula is C36H50Cl4O5. The molecule has 2 aliphatic heterocycles. The van der Waals surface area contributed by atoms with Crippen LogP contribution in [-0.2, 0) is 26.8 Å². The van der Waals surface area contributed by atoms with E-state index in [0.29, 0.717) is 86.4 Å². The number of hydrogen-bond donors (Lipinski definition) is 2. The monoisotopic (exact) mass is 702 g/mol. The smallest absolute Gasteiger partial charge is 0.233 e. The molecule has 0 amide bonds. The number of alkyl halides is 4. The number of halogens is 4. The molecule has 252 valence electrons. The summed E-state index contributed by atoms with van der Waals surface area (Å²) in [4.78, 5) is 0. The molecule has 2 N–H and O–H groups in total. The standard InChI is InChI=1S/C36H50Cl4O5/c1-33(2,3)27-21-23(35(41,11-7-15-37)12-8-16-38)19-25-29(27)43-32-26-20-24(36(42,13-9-17-39)14-10-18-40)22-28(34(4,5)6)30(26)44-31(25)45-32/h19-22,31-32,41-42H,7-18H2,1-6H3. The van der Waals surface area contributed by atoms with Gasteiger partial charge in [0.25, 0.3) is 0 Å². The highest BCUT2D eigenvalue weighted by Gasteiger charge is 2.45. The van der Waals surface area contributed by atoms with Crippen molar-refractivity contribution in [1.29, 1.82) is 0 Å². The second-order valence-electron chi connectivity index (χ2n) is 14.7. The van der Waals surface area contributed by atoms with Crippen LogP contribution in [0.25, 0.3) is 0 Å². The second kappa shape index (κ2) is 14.7. The Morgan fingerprint density at radius 3 is 1.13 bits per heavy atom. The molecule has 0 saturated heterocycles. The van der Waals surface area contributed by atoms with E-state index >= 15 is 0 Å². The Labute approximate surface area is 289 Å². The van der Waals surface area contributed by atoms with Crippen molar-refractivity contribution in [2.24, 2.45) is 0 Å². The quantitative estimate of drug-likeness (QED) is 0.192. The summed E-state index contributed by atoms with van der Waals surface area (Å²) in [5.74, 6) is 3.25. The van der Waals surface area contributed by atoms with Crippen molar-refractivity contribution >= 4 is 46.4 Å². The Morgan fingerprint density at radius 2 is 0.867 bits per heavy atom. The van der Waals surface area contributed by atoms with Crippen molar-refractivity contribution in [3.8, 4) is 11.5 Å². The minimum absolute atomic E-state index is 0.309. The summed E-state index contributed by atoms with van der Waals surface area (Å²) in [6, 6.07) is 8.08. The Balaban J connectivity index is 1.89. The highest BCUT2D eigenvalue weighted by atomic mass is 35.5. The van der Waals surface area contributed by atoms with E-state index in [0.717, 1.165) is 33.4 Å². The predicted octanol–water partition coefficient (Wildman–Crippen LogP) is 10.2. The Hall–Kier alpha value is -0.920. The summed E-state index contributed by atoms with van der Waals surface area (Å²) in [5, 5.41) is 24.0. The molecule has 2 heterocycles. The third kappa shape index (κ3) is 8.04. The number of rotatable bonds is 14. The van der Waals surface area contributed by atoms with E-state index < -0.39 is 23.8 Å². The first-order valence-corrected chi connectivity index (χ1v) is 18.3. The van der Waals surface area contributed by atoms with E-state index in [9.17, 15) is 10.2 Å². The van der Waals surface area contributed by atoms with E-state index in [-0.39, 0.29) is 10.8 Å². The van der Waals surface area contributed by atoms with Gasteiger partial charge in [0.2, 0.25) is 12.6 Å². The van der Waals surface area contributed by atoms with Gasteiger partial charge in [0.15, 0.2) is 0 Å². The Morgan fingerprint density at radius 1 is 0.556 bits per heavy atom. The lowest BCUT2D eigenvalue weighted by atomic mass is 9.77. The molecule has 0 fully saturated rings. The number of benzene rings is 2. The van der Waals surface area contributed by atoms with Crippen LogP contribution in [0.1, 0.15) is 139 Å². The van der Waals surface area contributed by atoms with Gasteiger partial charge in [-0.15, -0.1) is 46.4 Å². The first kappa shape index (κ1) is 36.9. The maximum atomic E-state index is 12.0. The topological polar surface area (TPSA) is 68.2 Å². The zero-order chi connectivity index (χ0) is 33.2. The lowest BCUT2D eigenvalue weighted by Gasteiger charge is -2.43. The maximum Gasteiger partial charge on any atom is 0.233 e. The second-order valence-corrected chi connectivity index (χ2v) is 16.2. The van der Waals surface area contributed by atoms with Gasteiger partial charge in [-0.1, -0.05) is 41.5 Å². The first-order chi connectivity index (χ1) is 21.1. The number of ether oxygens (including phenoxy) is 3. The zero-order valence-corrected chi connectivity index (χ0v) is 30.6. The van der Waals surface area contributed by atoms with E-state index in [4.69, 9.17) is 60.6 Å². The molecule has 0 aromatic heterocycles. The van der Waals surface area contributed by atoms with Crippen molar-refractivity contribution in [2.45, 2.75) is 128 Å². The molecule has 4 rings (SSSR count). The third-order valence-corrected chi connectivity index (χ3v) is 10.1. The molecular weight excluding hydrogens is 654 g/mol. The van der Waals surface area contributed by atoms with Crippen molar-refractivity contribution in [1.82, 2.24) is 0 Å². The van der Waals surface area contributed by atoms with Crippen LogP contribution in [-0.4, -0.2) is 33.7 Å². The zero-order valence-electron chi connectivity index (χ0n) is 27.6. The molecule has 2 bridgehead atoms. The lowest BCUT2D eigenvalue weighted by molar-refractivity contribution is -0.228. The molecule has 2 aliphatic rings. The molecule has 0 saturated carbocycles. The molecule has 2 aromatic rings. The van der Waals surface area contributed by atoms with Gasteiger partial charge in [-0.3, -0.25) is 4.74 Å². The molecule has 5 nitrogen and oxygen atoms in total. The van der Waals surface area contributed by atoms with Gasteiger partial charge in [-0.05, 0) is 97.6 Å². The largest absolute Gasteiger partial charge is 0.459 e. The van der Waals surface area contributed by atoms with Crippen LogP contribution in [0, 0.1) is 0 Å². The van der Waals surface area contributed by atoms with Gasteiger partial charge in [-0.25, -0.2) is 0 Å². The van der Waals surface area contributed by atoms with Crippen LogP contribution in [0.15, 0.2) is 24.3 Å². The number of aliphatic hydroxyl groups is 2. The molecule has 0 spiro atoms. The van der Waals surface area contributed by atoms with Gasteiger partial charge in [0, 0.05) is 34.6 Å². The van der Waals surface area contributed by atoms with Crippen LogP contribution in [0.4, 0.5) is 0 Å². The Kier molecular flexibility index (Phi) is 12.0. The summed E-state index contributed by atoms with van der Waals surface area (Å²) in [7, 11) is 0. The highest BCUT2D eigenvalue weighted by molar-refractivity contribution is 6.18. The number of hydrogen-bond acceptors (Lipinski definition) is 5. The van der Waals surface area contributed by atoms with Crippen LogP contribution >= 0.6 is 46.4 Å². The van der Waals surface area contributed by atoms with Gasteiger partial charge in [0.1, 0.15) is 11.5 Å². The fraction of sp³-hybridized carbons (Fsp3) is 0.667. The third-order valence-electron chi connectivity index (χ3n) is 9.03. The summed E-state index contributed by atoms with van der Waals surface area (Å²) in [5.41, 5.74) is 2.17. The fourth-order valence-corrected chi connectivity index (χ4v) is 7.02. The van der Waals surface area contributed by atoms with Crippen LogP contribution in [0.5, 0.6) is 11.5 Å². The molecule has 2 aromatic carbocycles. The van der Waals surface area contributed by atoms with Gasteiger partial charge in [0.05, 0.1) is 22.3 Å². The van der Waals surface area contributed by atoms with Crippen LogP contribution < -0.4 is 9.47 Å². The van der Waals surface area contributed by atoms with Gasteiger partial charge < -0.3 is 19.7 Å². The lowest BCUT2D eigenvalue weighted by Crippen LogP contribution is -2.35. The van der Waals surface area contributed by atoms with E-state index in [1.807, 2.05) is 12.1 Å². The molecule has 2 unspecified atom stereocenters. The summed E-state index contributed by atoms with van der Waals surface area (Å²) >= 11 is 24.3. The van der Waals surface area contributed by atoms with Crippen molar-refractivity contribution in [3.63, 3.8) is 0 Å². The molecule has 45 heavy (non-hydrogen) atoms. The minimum atomic E-state index is -1.11. The Bertz CT molecular complexity index is 1200. The van der Waals surface area contributed by atoms with E-state index in [1.54, 1.807) is 0 Å². The van der Waals surface area contributed by atoms with Crippen LogP contribution in [0.3, 0.4) is 0 Å². The van der Waals surface area contributed by atoms with Crippen molar-refractivity contribution in [2.75, 3.05) is 23.5 Å². The average Bonchev–Trinajstić information content (AvgIpc) is 2.99. The molecule has 9 heteroatoms. The SMILES string of the molecule is CC(C)(C)c1cc(C(O)(CCCCl)CCCCl)cc2c1OC1OC2Oc2c1cc(C(O)(CCCCl)CCCCl)cc2C(C)(C)C. The normalized spacial score (nSPS) is 18.2. The summed E-state index contributed by atoms with van der Waals surface area (Å²) in [6.07, 6.45) is 3.27. The predicted molar refractivity (Wildman–Crippen MR) is 186 cm³/mol. The van der Waals surface area contributed by atoms with E-state index in [1.165, 1.54) is 0 Å². The fourth-order valence-electron chi connectivity index (χ4n) is 6.49. The summed E-state index contributed by atoms with van der Waals surface area (Å²) < 4.78 is 20.0. The summed E-state index contributed by atoms with van der Waals surface area (Å²) in [6.45, 7) is 12.8. The first-order valence-electron chi connectivity index (χ1n) is 16.2. The number of fused-ring (bicyclic) bond motifs is 6. The molecule has 0 radical (unpaired) electrons. The van der Waals surface area contributed by atoms with Gasteiger partial charge >= 0.3 is 0 Å². The van der Waals surface area contributed by atoms with Crippen molar-refractivity contribution < 1.29 is 24.4 Å².